The van der Waals surface area contributed by atoms with Gasteiger partial charge in [-0.25, -0.2) is 0 Å². The summed E-state index contributed by atoms with van der Waals surface area (Å²) >= 11 is 19.0. The van der Waals surface area contributed by atoms with Gasteiger partial charge in [-0.05, 0) is 55.0 Å². The largest absolute Gasteiger partial charge is 0.493 e. The van der Waals surface area contributed by atoms with Crippen molar-refractivity contribution in [3.8, 4) is 17.2 Å². The fourth-order valence-electron chi connectivity index (χ4n) is 4.78. The number of carbonyl (C=O) groups is 1. The van der Waals surface area contributed by atoms with E-state index < -0.39 is 15.7 Å². The molecule has 0 spiro atoms. The van der Waals surface area contributed by atoms with Gasteiger partial charge in [0.25, 0.3) is 16.0 Å². The lowest BCUT2D eigenvalue weighted by Gasteiger charge is -2.44. The van der Waals surface area contributed by atoms with Crippen LogP contribution in [0.4, 0.5) is 0 Å². The second-order valence-corrected chi connectivity index (χ2v) is 11.8. The van der Waals surface area contributed by atoms with E-state index in [1.165, 1.54) is 39.5 Å². The summed E-state index contributed by atoms with van der Waals surface area (Å²) in [5, 5.41) is 0.767. The molecule has 1 aliphatic rings. The molecule has 1 unspecified atom stereocenters. The summed E-state index contributed by atoms with van der Waals surface area (Å²) in [6.07, 6.45) is 0. The topological polar surface area (TPSA) is 101 Å². The van der Waals surface area contributed by atoms with Crippen LogP contribution in [0.1, 0.15) is 28.4 Å². The van der Waals surface area contributed by atoms with Crippen LogP contribution in [0.25, 0.3) is 0 Å². The minimum atomic E-state index is -4.24. The van der Waals surface area contributed by atoms with E-state index in [0.717, 1.165) is 0 Å². The minimum absolute atomic E-state index is 0.0526. The third-order valence-electron chi connectivity index (χ3n) is 6.63. The summed E-state index contributed by atoms with van der Waals surface area (Å²) in [4.78, 5) is 15.4. The predicted octanol–water partition coefficient (Wildman–Crippen LogP) is 5.81. The zero-order valence-electron chi connectivity index (χ0n) is 22.7. The molecule has 0 aromatic heterocycles. The molecule has 1 fully saturated rings. The van der Waals surface area contributed by atoms with Crippen LogP contribution >= 0.6 is 34.8 Å². The summed E-state index contributed by atoms with van der Waals surface area (Å²) in [6.45, 7) is 1.63. The van der Waals surface area contributed by atoms with Crippen molar-refractivity contribution in [2.45, 2.75) is 17.4 Å². The maximum absolute atomic E-state index is 14.0. The summed E-state index contributed by atoms with van der Waals surface area (Å²) in [5.74, 6) is 0.565. The molecule has 0 saturated carbocycles. The van der Waals surface area contributed by atoms with Gasteiger partial charge in [-0.3, -0.25) is 8.98 Å². The number of halogens is 3. The second kappa shape index (κ2) is 12.6. The van der Waals surface area contributed by atoms with Crippen molar-refractivity contribution in [2.24, 2.45) is 0 Å². The molecular weight excluding hydrogens is 617 g/mol. The van der Waals surface area contributed by atoms with Gasteiger partial charge in [0, 0.05) is 22.7 Å². The second-order valence-electron chi connectivity index (χ2n) is 8.95. The van der Waals surface area contributed by atoms with E-state index >= 15 is 0 Å². The Labute approximate surface area is 253 Å². The van der Waals surface area contributed by atoms with E-state index in [4.69, 9.17) is 57.9 Å². The van der Waals surface area contributed by atoms with E-state index in [1.54, 1.807) is 42.2 Å². The van der Waals surface area contributed by atoms with Crippen molar-refractivity contribution in [3.63, 3.8) is 0 Å². The molecule has 1 amide bonds. The summed E-state index contributed by atoms with van der Waals surface area (Å²) in [5.41, 5.74) is -0.617. The van der Waals surface area contributed by atoms with Gasteiger partial charge in [0.05, 0.1) is 51.1 Å². The fourth-order valence-corrected chi connectivity index (χ4v) is 6.41. The molecule has 1 heterocycles. The van der Waals surface area contributed by atoms with E-state index in [2.05, 4.69) is 0 Å². The molecule has 3 aromatic rings. The Morgan fingerprint density at radius 1 is 0.951 bits per heavy atom. The Hall–Kier alpha value is -2.73. The summed E-state index contributed by atoms with van der Waals surface area (Å²) in [6, 6.07) is 12.2. The lowest BCUT2D eigenvalue weighted by Crippen LogP contribution is -2.53. The number of methoxy groups -OCH3 is 3. The highest BCUT2D eigenvalue weighted by molar-refractivity contribution is 7.86. The molecule has 0 aliphatic carbocycles. The normalized spacial score (nSPS) is 17.3. The molecular formula is C28H28Cl3NO8S. The van der Waals surface area contributed by atoms with Crippen molar-refractivity contribution in [2.75, 3.05) is 47.6 Å². The van der Waals surface area contributed by atoms with Crippen LogP contribution < -0.4 is 14.2 Å². The molecule has 0 radical (unpaired) electrons. The number of amides is 1. The van der Waals surface area contributed by atoms with Gasteiger partial charge >= 0.3 is 0 Å². The minimum Gasteiger partial charge on any atom is -0.493 e. The zero-order valence-corrected chi connectivity index (χ0v) is 25.8. The third-order valence-corrected chi connectivity index (χ3v) is 9.04. The SMILES string of the molecule is CCOS(=O)(=O)c1ccc(Cl)cc1C1(c2ccc(Cl)c(Cl)c2)CN(C(=O)c2cc(OC)c(OC)c(OC)c2)CCO1. The van der Waals surface area contributed by atoms with Crippen molar-refractivity contribution < 1.29 is 36.3 Å². The van der Waals surface area contributed by atoms with Crippen LogP contribution in [-0.4, -0.2) is 66.9 Å². The van der Waals surface area contributed by atoms with Gasteiger partial charge < -0.3 is 23.8 Å². The quantitative estimate of drug-likeness (QED) is 0.269. The van der Waals surface area contributed by atoms with Crippen molar-refractivity contribution in [1.82, 2.24) is 4.90 Å². The van der Waals surface area contributed by atoms with E-state index in [1.807, 2.05) is 0 Å². The van der Waals surface area contributed by atoms with Gasteiger partial charge in [-0.15, -0.1) is 0 Å². The molecule has 0 N–H and O–H groups in total. The first-order valence-corrected chi connectivity index (χ1v) is 14.9. The standard InChI is InChI=1S/C28H28Cl3NO8S/c1-5-40-41(34,35)25-9-7-19(29)15-20(25)28(18-6-8-21(30)22(31)14-18)16-32(10-11-39-28)27(33)17-12-23(36-2)26(38-4)24(13-17)37-3/h6-9,12-15H,5,10-11,16H2,1-4H3. The summed E-state index contributed by atoms with van der Waals surface area (Å²) in [7, 11) is 0.138. The lowest BCUT2D eigenvalue weighted by atomic mass is 9.84. The number of nitrogens with zero attached hydrogens (tertiary/aromatic N) is 1. The number of hydrogen-bond acceptors (Lipinski definition) is 8. The Balaban J connectivity index is 1.91. The molecule has 1 saturated heterocycles. The number of morpholine rings is 1. The van der Waals surface area contributed by atoms with Crippen LogP contribution in [0.15, 0.2) is 53.4 Å². The maximum atomic E-state index is 14.0. The number of carbonyl (C=O) groups excluding carboxylic acids is 1. The highest BCUT2D eigenvalue weighted by Crippen LogP contribution is 2.44. The third kappa shape index (κ3) is 6.09. The number of ether oxygens (including phenoxy) is 4. The molecule has 0 bridgehead atoms. The predicted molar refractivity (Wildman–Crippen MR) is 155 cm³/mol. The molecule has 4 rings (SSSR count). The van der Waals surface area contributed by atoms with Crippen LogP contribution in [-0.2, 0) is 24.6 Å². The molecule has 13 heteroatoms. The Morgan fingerprint density at radius 3 is 2.22 bits per heavy atom. The van der Waals surface area contributed by atoms with Crippen LogP contribution in [0.3, 0.4) is 0 Å². The average Bonchev–Trinajstić information content (AvgIpc) is 2.97. The van der Waals surface area contributed by atoms with Crippen molar-refractivity contribution in [3.05, 3.63) is 80.3 Å². The highest BCUT2D eigenvalue weighted by Gasteiger charge is 2.45. The Bertz CT molecular complexity index is 1540. The van der Waals surface area contributed by atoms with Crippen LogP contribution in [0, 0.1) is 0 Å². The monoisotopic (exact) mass is 643 g/mol. The smallest absolute Gasteiger partial charge is 0.297 e. The zero-order chi connectivity index (χ0) is 29.9. The first-order chi connectivity index (χ1) is 19.5. The van der Waals surface area contributed by atoms with E-state index in [0.29, 0.717) is 27.8 Å². The van der Waals surface area contributed by atoms with Gasteiger partial charge in [0.1, 0.15) is 10.5 Å². The van der Waals surface area contributed by atoms with Gasteiger partial charge in [0.15, 0.2) is 11.5 Å². The van der Waals surface area contributed by atoms with Gasteiger partial charge in [-0.1, -0.05) is 40.9 Å². The van der Waals surface area contributed by atoms with Gasteiger partial charge in [-0.2, -0.15) is 8.42 Å². The first kappa shape index (κ1) is 31.2. The van der Waals surface area contributed by atoms with Crippen molar-refractivity contribution in [1.29, 1.82) is 0 Å². The fraction of sp³-hybridized carbons (Fsp3) is 0.321. The Morgan fingerprint density at radius 2 is 1.63 bits per heavy atom. The first-order valence-electron chi connectivity index (χ1n) is 12.4. The Kier molecular flexibility index (Phi) is 9.63. The highest BCUT2D eigenvalue weighted by atomic mass is 35.5. The molecule has 3 aromatic carbocycles. The molecule has 220 valence electrons. The maximum Gasteiger partial charge on any atom is 0.297 e. The molecule has 9 nitrogen and oxygen atoms in total. The molecule has 1 atom stereocenters. The molecule has 1 aliphatic heterocycles. The lowest BCUT2D eigenvalue weighted by molar-refractivity contribution is -0.0801. The summed E-state index contributed by atoms with van der Waals surface area (Å²) < 4.78 is 54.3. The van der Waals surface area contributed by atoms with Crippen LogP contribution in [0.5, 0.6) is 17.2 Å². The average molecular weight is 645 g/mol. The van der Waals surface area contributed by atoms with Crippen molar-refractivity contribution >= 4 is 50.8 Å². The number of hydrogen-bond donors (Lipinski definition) is 0. The van der Waals surface area contributed by atoms with Crippen LogP contribution in [0.2, 0.25) is 15.1 Å². The van der Waals surface area contributed by atoms with E-state index in [-0.39, 0.29) is 58.3 Å². The molecule has 41 heavy (non-hydrogen) atoms. The number of rotatable bonds is 9. The van der Waals surface area contributed by atoms with Gasteiger partial charge in [0.2, 0.25) is 5.75 Å². The number of benzene rings is 3. The van der Waals surface area contributed by atoms with E-state index in [9.17, 15) is 13.2 Å².